The minimum absolute atomic E-state index is 0.0000926. The number of hydrogen-bond acceptors (Lipinski definition) is 5. The fraction of sp³-hybridized carbons (Fsp3) is 0.273. The molecule has 2 N–H and O–H groups in total. The van der Waals surface area contributed by atoms with Gasteiger partial charge in [0.2, 0.25) is 0 Å². The van der Waals surface area contributed by atoms with E-state index in [4.69, 9.17) is 5.11 Å². The zero-order valence-electron chi connectivity index (χ0n) is 10.4. The van der Waals surface area contributed by atoms with Crippen LogP contribution in [-0.4, -0.2) is 47.4 Å². The zero-order chi connectivity index (χ0) is 14.6. The summed E-state index contributed by atoms with van der Waals surface area (Å²) in [7, 11) is 3.10. The summed E-state index contributed by atoms with van der Waals surface area (Å²) >= 11 is 0. The second-order valence-corrected chi connectivity index (χ2v) is 3.94. The molecule has 0 aromatic heterocycles. The molecule has 0 radical (unpaired) electrons. The number of anilines is 1. The highest BCUT2D eigenvalue weighted by atomic mass is 16.6. The number of aliphatic carboxylic acids is 1. The molecule has 8 heteroatoms. The van der Waals surface area contributed by atoms with Crippen LogP contribution in [0, 0.1) is 10.1 Å². The number of carboxylic acids is 1. The zero-order valence-corrected chi connectivity index (χ0v) is 10.4. The van der Waals surface area contributed by atoms with Crippen LogP contribution in [0.3, 0.4) is 0 Å². The van der Waals surface area contributed by atoms with Gasteiger partial charge in [0.1, 0.15) is 12.2 Å². The van der Waals surface area contributed by atoms with E-state index in [0.717, 1.165) is 0 Å². The van der Waals surface area contributed by atoms with Gasteiger partial charge < -0.3 is 15.3 Å². The Morgan fingerprint density at radius 2 is 2.05 bits per heavy atom. The summed E-state index contributed by atoms with van der Waals surface area (Å²) < 4.78 is 0. The monoisotopic (exact) mass is 267 g/mol. The van der Waals surface area contributed by atoms with E-state index >= 15 is 0 Å². The molecule has 0 saturated heterocycles. The SMILES string of the molecule is CN(C)C(=O)c1ccc([N+](=O)[O-])c(NCC(=O)O)c1. The molecule has 1 amide bonds. The molecule has 0 unspecified atom stereocenters. The number of carbonyl (C=O) groups excluding carboxylic acids is 1. The van der Waals surface area contributed by atoms with E-state index in [2.05, 4.69) is 5.32 Å². The molecule has 1 aromatic carbocycles. The minimum Gasteiger partial charge on any atom is -0.480 e. The highest BCUT2D eigenvalue weighted by Crippen LogP contribution is 2.25. The van der Waals surface area contributed by atoms with Crippen molar-refractivity contribution < 1.29 is 19.6 Å². The quantitative estimate of drug-likeness (QED) is 0.602. The molecule has 0 bridgehead atoms. The van der Waals surface area contributed by atoms with Gasteiger partial charge in [0.25, 0.3) is 11.6 Å². The topological polar surface area (TPSA) is 113 Å². The lowest BCUT2D eigenvalue weighted by Gasteiger charge is -2.11. The third-order valence-electron chi connectivity index (χ3n) is 2.28. The first kappa shape index (κ1) is 14.4. The van der Waals surface area contributed by atoms with E-state index in [1.807, 2.05) is 0 Å². The first-order chi connectivity index (χ1) is 8.82. The summed E-state index contributed by atoms with van der Waals surface area (Å²) in [4.78, 5) is 33.7. The molecule has 0 heterocycles. The summed E-state index contributed by atoms with van der Waals surface area (Å²) in [6, 6.07) is 3.76. The molecule has 0 spiro atoms. The predicted molar refractivity (Wildman–Crippen MR) is 67.2 cm³/mol. The molecule has 1 rings (SSSR count). The number of carboxylic acid groups (broad SMARTS) is 1. The lowest BCUT2D eigenvalue weighted by atomic mass is 10.1. The molecular weight excluding hydrogens is 254 g/mol. The Kier molecular flexibility index (Phi) is 4.41. The fourth-order valence-electron chi connectivity index (χ4n) is 1.40. The maximum atomic E-state index is 11.7. The first-order valence-electron chi connectivity index (χ1n) is 5.28. The van der Waals surface area contributed by atoms with Gasteiger partial charge in [0, 0.05) is 25.7 Å². The number of carbonyl (C=O) groups is 2. The minimum atomic E-state index is -1.15. The summed E-state index contributed by atoms with van der Waals surface area (Å²) in [6.07, 6.45) is 0. The van der Waals surface area contributed by atoms with E-state index in [1.54, 1.807) is 14.1 Å². The Morgan fingerprint density at radius 3 is 2.53 bits per heavy atom. The van der Waals surface area contributed by atoms with Crippen LogP contribution in [-0.2, 0) is 4.79 Å². The largest absolute Gasteiger partial charge is 0.480 e. The molecule has 8 nitrogen and oxygen atoms in total. The van der Waals surface area contributed by atoms with Gasteiger partial charge in [0.05, 0.1) is 4.92 Å². The van der Waals surface area contributed by atoms with Crippen molar-refractivity contribution in [3.63, 3.8) is 0 Å². The predicted octanol–water partition coefficient (Wildman–Crippen LogP) is 0.793. The van der Waals surface area contributed by atoms with Crippen molar-refractivity contribution in [3.05, 3.63) is 33.9 Å². The van der Waals surface area contributed by atoms with Gasteiger partial charge in [-0.2, -0.15) is 0 Å². The number of hydrogen-bond donors (Lipinski definition) is 2. The van der Waals surface area contributed by atoms with E-state index in [1.165, 1.54) is 23.1 Å². The Labute approximate surface area is 108 Å². The van der Waals surface area contributed by atoms with Crippen LogP contribution in [0.4, 0.5) is 11.4 Å². The molecule has 1 aromatic rings. The molecular formula is C11H13N3O5. The van der Waals surface area contributed by atoms with Crippen LogP contribution in [0.15, 0.2) is 18.2 Å². The van der Waals surface area contributed by atoms with Crippen LogP contribution in [0.25, 0.3) is 0 Å². The van der Waals surface area contributed by atoms with Crippen molar-refractivity contribution >= 4 is 23.3 Å². The van der Waals surface area contributed by atoms with Crippen LogP contribution >= 0.6 is 0 Å². The van der Waals surface area contributed by atoms with Crippen LogP contribution < -0.4 is 5.32 Å². The number of nitro benzene ring substituents is 1. The lowest BCUT2D eigenvalue weighted by molar-refractivity contribution is -0.384. The molecule has 0 fully saturated rings. The van der Waals surface area contributed by atoms with E-state index < -0.39 is 17.4 Å². The summed E-state index contributed by atoms with van der Waals surface area (Å²) in [6.45, 7) is -0.472. The first-order valence-corrected chi connectivity index (χ1v) is 5.28. The van der Waals surface area contributed by atoms with Crippen molar-refractivity contribution in [1.82, 2.24) is 4.90 Å². The smallest absolute Gasteiger partial charge is 0.322 e. The summed E-state index contributed by atoms with van der Waals surface area (Å²) in [5.41, 5.74) is -0.0415. The molecule has 0 atom stereocenters. The number of nitrogens with zero attached hydrogens (tertiary/aromatic N) is 2. The van der Waals surface area contributed by atoms with E-state index in [9.17, 15) is 19.7 Å². The number of benzene rings is 1. The lowest BCUT2D eigenvalue weighted by Crippen LogP contribution is -2.22. The number of amides is 1. The van der Waals surface area contributed by atoms with Crippen LogP contribution in [0.5, 0.6) is 0 Å². The van der Waals surface area contributed by atoms with Crippen molar-refractivity contribution in [1.29, 1.82) is 0 Å². The van der Waals surface area contributed by atoms with Gasteiger partial charge in [-0.15, -0.1) is 0 Å². The van der Waals surface area contributed by atoms with Gasteiger partial charge >= 0.3 is 5.97 Å². The van der Waals surface area contributed by atoms with Gasteiger partial charge in [-0.1, -0.05) is 0 Å². The van der Waals surface area contributed by atoms with Crippen LogP contribution in [0.2, 0.25) is 0 Å². The maximum absolute atomic E-state index is 11.7. The fourth-order valence-corrected chi connectivity index (χ4v) is 1.40. The second-order valence-electron chi connectivity index (χ2n) is 3.94. The molecule has 0 aliphatic carbocycles. The molecule has 102 valence electrons. The summed E-state index contributed by atoms with van der Waals surface area (Å²) in [5.74, 6) is -1.48. The standard InChI is InChI=1S/C11H13N3O5/c1-13(2)11(17)7-3-4-9(14(18)19)8(5-7)12-6-10(15)16/h3-5,12H,6H2,1-2H3,(H,15,16). The van der Waals surface area contributed by atoms with Crippen LogP contribution in [0.1, 0.15) is 10.4 Å². The average Bonchev–Trinajstić information content (AvgIpc) is 2.34. The Hall–Kier alpha value is -2.64. The maximum Gasteiger partial charge on any atom is 0.322 e. The average molecular weight is 267 g/mol. The van der Waals surface area contributed by atoms with Gasteiger partial charge in [-0.3, -0.25) is 19.7 Å². The number of nitrogens with one attached hydrogen (secondary N) is 1. The van der Waals surface area contributed by atoms with Crippen molar-refractivity contribution in [2.24, 2.45) is 0 Å². The third-order valence-corrected chi connectivity index (χ3v) is 2.28. The van der Waals surface area contributed by atoms with Crippen molar-refractivity contribution in [3.8, 4) is 0 Å². The highest BCUT2D eigenvalue weighted by molar-refractivity contribution is 5.95. The number of rotatable bonds is 5. The normalized spacial score (nSPS) is 9.79. The Balaban J connectivity index is 3.14. The van der Waals surface area contributed by atoms with E-state index in [0.29, 0.717) is 0 Å². The van der Waals surface area contributed by atoms with Gasteiger partial charge in [-0.05, 0) is 12.1 Å². The third kappa shape index (κ3) is 3.66. The molecule has 0 aliphatic rings. The molecule has 0 aliphatic heterocycles. The highest BCUT2D eigenvalue weighted by Gasteiger charge is 2.18. The molecule has 19 heavy (non-hydrogen) atoms. The Morgan fingerprint density at radius 1 is 1.42 bits per heavy atom. The van der Waals surface area contributed by atoms with Crippen molar-refractivity contribution in [2.45, 2.75) is 0 Å². The summed E-state index contributed by atoms with van der Waals surface area (Å²) in [5, 5.41) is 21.8. The molecule has 0 saturated carbocycles. The number of nitro groups is 1. The van der Waals surface area contributed by atoms with E-state index in [-0.39, 0.29) is 22.8 Å². The van der Waals surface area contributed by atoms with Gasteiger partial charge in [-0.25, -0.2) is 0 Å². The Bertz CT molecular complexity index is 527. The second kappa shape index (κ2) is 5.80. The van der Waals surface area contributed by atoms with Gasteiger partial charge in [0.15, 0.2) is 0 Å². The van der Waals surface area contributed by atoms with Crippen molar-refractivity contribution in [2.75, 3.05) is 26.0 Å².